The number of ether oxygens (including phenoxy) is 1. The van der Waals surface area contributed by atoms with Crippen LogP contribution in [0.4, 0.5) is 8.78 Å². The van der Waals surface area contributed by atoms with Crippen LogP contribution in [0.5, 0.6) is 11.5 Å². The maximum Gasteiger partial charge on any atom is 0.162 e. The molecule has 4 heteroatoms. The predicted molar refractivity (Wildman–Crippen MR) is 75.1 cm³/mol. The first-order valence-corrected chi connectivity index (χ1v) is 6.24. The van der Waals surface area contributed by atoms with Gasteiger partial charge in [-0.05, 0) is 24.3 Å². The summed E-state index contributed by atoms with van der Waals surface area (Å²) in [5, 5.41) is 10.6. The number of hydrogen-bond acceptors (Lipinski definition) is 2. The van der Waals surface area contributed by atoms with E-state index in [-0.39, 0.29) is 5.75 Å². The average molecular weight is 281 g/mol. The largest absolute Gasteiger partial charge is 0.457 e. The lowest BCUT2D eigenvalue weighted by Gasteiger charge is -2.10. The molecule has 0 aliphatic rings. The Hall–Kier alpha value is -2.93. The molecule has 21 heavy (non-hydrogen) atoms. The molecule has 0 bridgehead atoms. The van der Waals surface area contributed by atoms with E-state index >= 15 is 0 Å². The lowest BCUT2D eigenvalue weighted by molar-refractivity contribution is 0.465. The molecule has 0 heterocycles. The zero-order valence-electron chi connectivity index (χ0n) is 10.8. The van der Waals surface area contributed by atoms with Crippen molar-refractivity contribution in [2.75, 3.05) is 0 Å². The molecule has 3 aromatic carbocycles. The molecule has 2 nitrogen and oxygen atoms in total. The SMILES string of the molecule is N#Cc1ccc(Oc2ccc(F)c(F)c2)c2ccccc12. The van der Waals surface area contributed by atoms with Crippen LogP contribution >= 0.6 is 0 Å². The smallest absolute Gasteiger partial charge is 0.162 e. The minimum Gasteiger partial charge on any atom is -0.457 e. The van der Waals surface area contributed by atoms with Crippen LogP contribution < -0.4 is 4.74 Å². The second-order valence-electron chi connectivity index (χ2n) is 4.45. The molecule has 0 aliphatic carbocycles. The first kappa shape index (κ1) is 13.1. The molecule has 0 aliphatic heterocycles. The molecule has 3 rings (SSSR count). The predicted octanol–water partition coefficient (Wildman–Crippen LogP) is 4.78. The van der Waals surface area contributed by atoms with Crippen LogP contribution in [-0.4, -0.2) is 0 Å². The van der Waals surface area contributed by atoms with Gasteiger partial charge in [-0.25, -0.2) is 8.78 Å². The topological polar surface area (TPSA) is 33.0 Å². The van der Waals surface area contributed by atoms with Crippen LogP contribution in [-0.2, 0) is 0 Å². The molecule has 0 radical (unpaired) electrons. The molecular formula is C17H9F2NO. The molecule has 0 N–H and O–H groups in total. The Balaban J connectivity index is 2.09. The van der Waals surface area contributed by atoms with E-state index in [1.165, 1.54) is 6.07 Å². The molecule has 0 saturated carbocycles. The second-order valence-corrected chi connectivity index (χ2v) is 4.45. The van der Waals surface area contributed by atoms with Crippen LogP contribution in [0, 0.1) is 23.0 Å². The van der Waals surface area contributed by atoms with Gasteiger partial charge in [0.05, 0.1) is 11.6 Å². The van der Waals surface area contributed by atoms with E-state index < -0.39 is 11.6 Å². The van der Waals surface area contributed by atoms with Crippen molar-refractivity contribution in [3.8, 4) is 17.6 Å². The second kappa shape index (κ2) is 5.22. The van der Waals surface area contributed by atoms with E-state index in [0.717, 1.165) is 22.9 Å². The van der Waals surface area contributed by atoms with Gasteiger partial charge in [0.15, 0.2) is 11.6 Å². The highest BCUT2D eigenvalue weighted by molar-refractivity contribution is 5.92. The fourth-order valence-corrected chi connectivity index (χ4v) is 2.13. The Bertz CT molecular complexity index is 868. The van der Waals surface area contributed by atoms with Gasteiger partial charge in [0.25, 0.3) is 0 Å². The van der Waals surface area contributed by atoms with Crippen molar-refractivity contribution < 1.29 is 13.5 Å². The third kappa shape index (κ3) is 2.41. The number of nitriles is 1. The summed E-state index contributed by atoms with van der Waals surface area (Å²) in [6, 6.07) is 16.0. The number of benzene rings is 3. The first-order valence-electron chi connectivity index (χ1n) is 6.24. The monoisotopic (exact) mass is 281 g/mol. The van der Waals surface area contributed by atoms with Crippen LogP contribution in [0.15, 0.2) is 54.6 Å². The van der Waals surface area contributed by atoms with Crippen molar-refractivity contribution in [1.82, 2.24) is 0 Å². The molecule has 0 saturated heterocycles. The Kier molecular flexibility index (Phi) is 3.25. The quantitative estimate of drug-likeness (QED) is 0.677. The standard InChI is InChI=1S/C17H9F2NO/c18-15-7-6-12(9-16(15)19)21-17-8-5-11(10-20)13-3-1-2-4-14(13)17/h1-9H. The molecule has 0 spiro atoms. The molecule has 0 unspecified atom stereocenters. The lowest BCUT2D eigenvalue weighted by Crippen LogP contribution is -1.90. The summed E-state index contributed by atoms with van der Waals surface area (Å²) in [7, 11) is 0. The number of hydrogen-bond donors (Lipinski definition) is 0. The summed E-state index contributed by atoms with van der Waals surface area (Å²) in [6.45, 7) is 0. The minimum absolute atomic E-state index is 0.198. The molecule has 0 atom stereocenters. The van der Waals surface area contributed by atoms with Crippen LogP contribution in [0.1, 0.15) is 5.56 Å². The summed E-state index contributed by atoms with van der Waals surface area (Å²) in [5.41, 5.74) is 0.531. The van der Waals surface area contributed by atoms with Gasteiger partial charge < -0.3 is 4.74 Å². The summed E-state index contributed by atoms with van der Waals surface area (Å²) >= 11 is 0. The maximum absolute atomic E-state index is 13.2. The van der Waals surface area contributed by atoms with Gasteiger partial charge in [-0.15, -0.1) is 0 Å². The van der Waals surface area contributed by atoms with Gasteiger partial charge >= 0.3 is 0 Å². The minimum atomic E-state index is -0.967. The fraction of sp³-hybridized carbons (Fsp3) is 0. The van der Waals surface area contributed by atoms with E-state index in [1.807, 2.05) is 24.3 Å². The Labute approximate surface area is 119 Å². The van der Waals surface area contributed by atoms with Crippen molar-refractivity contribution in [1.29, 1.82) is 5.26 Å². The van der Waals surface area contributed by atoms with Crippen molar-refractivity contribution in [3.63, 3.8) is 0 Å². The van der Waals surface area contributed by atoms with Crippen molar-refractivity contribution in [2.45, 2.75) is 0 Å². The van der Waals surface area contributed by atoms with Crippen molar-refractivity contribution in [3.05, 3.63) is 71.8 Å². The van der Waals surface area contributed by atoms with Crippen LogP contribution in [0.25, 0.3) is 10.8 Å². The van der Waals surface area contributed by atoms with Crippen molar-refractivity contribution in [2.24, 2.45) is 0 Å². The summed E-state index contributed by atoms with van der Waals surface area (Å²) in [6.07, 6.45) is 0. The lowest BCUT2D eigenvalue weighted by atomic mass is 10.0. The van der Waals surface area contributed by atoms with E-state index in [9.17, 15) is 8.78 Å². The number of fused-ring (bicyclic) bond motifs is 1. The summed E-state index contributed by atoms with van der Waals surface area (Å²) in [5.74, 6) is -1.21. The number of rotatable bonds is 2. The first-order chi connectivity index (χ1) is 10.2. The van der Waals surface area contributed by atoms with Gasteiger partial charge in [-0.2, -0.15) is 5.26 Å². The van der Waals surface area contributed by atoms with E-state index in [1.54, 1.807) is 12.1 Å². The zero-order chi connectivity index (χ0) is 14.8. The Morgan fingerprint density at radius 1 is 0.857 bits per heavy atom. The molecule has 0 fully saturated rings. The molecule has 0 amide bonds. The third-order valence-corrected chi connectivity index (χ3v) is 3.12. The van der Waals surface area contributed by atoms with E-state index in [4.69, 9.17) is 10.00 Å². The number of halogens is 2. The highest BCUT2D eigenvalue weighted by Gasteiger charge is 2.09. The molecule has 3 aromatic rings. The fourth-order valence-electron chi connectivity index (χ4n) is 2.13. The van der Waals surface area contributed by atoms with E-state index in [2.05, 4.69) is 6.07 Å². The van der Waals surface area contributed by atoms with Crippen molar-refractivity contribution >= 4 is 10.8 Å². The Morgan fingerprint density at radius 2 is 1.62 bits per heavy atom. The van der Waals surface area contributed by atoms with Gasteiger partial charge in [0.2, 0.25) is 0 Å². The van der Waals surface area contributed by atoms with Crippen LogP contribution in [0.3, 0.4) is 0 Å². The van der Waals surface area contributed by atoms with E-state index in [0.29, 0.717) is 11.3 Å². The van der Waals surface area contributed by atoms with Crippen LogP contribution in [0.2, 0.25) is 0 Å². The normalized spacial score (nSPS) is 10.3. The maximum atomic E-state index is 13.2. The van der Waals surface area contributed by atoms with Gasteiger partial charge in [-0.3, -0.25) is 0 Å². The molecular weight excluding hydrogens is 272 g/mol. The molecule has 0 aromatic heterocycles. The highest BCUT2D eigenvalue weighted by Crippen LogP contribution is 2.32. The molecule has 102 valence electrons. The summed E-state index contributed by atoms with van der Waals surface area (Å²) in [4.78, 5) is 0. The third-order valence-electron chi connectivity index (χ3n) is 3.12. The Morgan fingerprint density at radius 3 is 2.33 bits per heavy atom. The summed E-state index contributed by atoms with van der Waals surface area (Å²) < 4.78 is 31.7. The van der Waals surface area contributed by atoms with Gasteiger partial charge in [-0.1, -0.05) is 24.3 Å². The zero-order valence-corrected chi connectivity index (χ0v) is 10.8. The number of nitrogens with zero attached hydrogens (tertiary/aromatic N) is 1. The highest BCUT2D eigenvalue weighted by atomic mass is 19.2. The van der Waals surface area contributed by atoms with Gasteiger partial charge in [0.1, 0.15) is 11.5 Å². The average Bonchev–Trinajstić information content (AvgIpc) is 2.51. The van der Waals surface area contributed by atoms with Gasteiger partial charge in [0, 0.05) is 16.8 Å².